The zero-order valence-corrected chi connectivity index (χ0v) is 11.3. The summed E-state index contributed by atoms with van der Waals surface area (Å²) in [5, 5.41) is 5.66. The molecule has 0 saturated heterocycles. The summed E-state index contributed by atoms with van der Waals surface area (Å²) in [4.78, 5) is 15.7. The highest BCUT2D eigenvalue weighted by Gasteiger charge is 2.17. The third-order valence-electron chi connectivity index (χ3n) is 2.21. The third-order valence-corrected chi connectivity index (χ3v) is 3.25. The molecule has 84 valence electrons. The molecule has 5 heteroatoms. The van der Waals surface area contributed by atoms with Crippen molar-refractivity contribution in [3.8, 4) is 0 Å². The van der Waals surface area contributed by atoms with Crippen LogP contribution in [0.15, 0.2) is 10.9 Å². The first kappa shape index (κ1) is 12.6. The number of nitrogens with zero attached hydrogens (tertiary/aromatic N) is 1. The average molecular weight is 291 g/mol. The van der Waals surface area contributed by atoms with Gasteiger partial charge in [0.25, 0.3) is 5.91 Å². The number of hydrogen-bond donors (Lipinski definition) is 1. The molecule has 0 aliphatic rings. The summed E-state index contributed by atoms with van der Waals surface area (Å²) < 4.78 is 0. The van der Waals surface area contributed by atoms with Gasteiger partial charge < -0.3 is 5.32 Å². The van der Waals surface area contributed by atoms with E-state index in [0.29, 0.717) is 11.6 Å². The number of thiazole rings is 1. The average Bonchev–Trinajstić information content (AvgIpc) is 2.69. The second-order valence-electron chi connectivity index (χ2n) is 3.68. The lowest BCUT2D eigenvalue weighted by Crippen LogP contribution is -2.38. The Hall–Kier alpha value is -0.420. The number of rotatable bonds is 5. The van der Waals surface area contributed by atoms with Crippen molar-refractivity contribution in [2.24, 2.45) is 5.92 Å². The Kier molecular flexibility index (Phi) is 5.25. The number of nitrogens with one attached hydrogen (secondary N) is 1. The van der Waals surface area contributed by atoms with Crippen LogP contribution >= 0.6 is 27.3 Å². The van der Waals surface area contributed by atoms with Crippen LogP contribution < -0.4 is 5.32 Å². The van der Waals surface area contributed by atoms with Crippen LogP contribution in [0.25, 0.3) is 0 Å². The molecule has 1 heterocycles. The van der Waals surface area contributed by atoms with Crippen molar-refractivity contribution in [3.05, 3.63) is 16.6 Å². The Morgan fingerprint density at radius 3 is 2.87 bits per heavy atom. The lowest BCUT2D eigenvalue weighted by Gasteiger charge is -2.20. The minimum atomic E-state index is -0.0732. The van der Waals surface area contributed by atoms with Gasteiger partial charge in [0.15, 0.2) is 0 Å². The van der Waals surface area contributed by atoms with Gasteiger partial charge in [0.05, 0.1) is 5.51 Å². The summed E-state index contributed by atoms with van der Waals surface area (Å²) in [5.74, 6) is 0.362. The first-order chi connectivity index (χ1) is 7.15. The Morgan fingerprint density at radius 1 is 1.67 bits per heavy atom. The molecule has 1 atom stereocenters. The Bertz CT molecular complexity index is 300. The second kappa shape index (κ2) is 6.23. The Labute approximate surface area is 102 Å². The smallest absolute Gasteiger partial charge is 0.270 e. The number of halogens is 1. The maximum absolute atomic E-state index is 11.7. The second-order valence-corrected chi connectivity index (χ2v) is 5.19. The standard InChI is InChI=1S/C10H15BrN2OS/c1-7(2)8(3-4-11)13-10(14)9-5-15-6-12-9/h5-8H,3-4H2,1-2H3,(H,13,14). The Balaban J connectivity index is 2.55. The molecule has 0 aromatic carbocycles. The highest BCUT2D eigenvalue weighted by Crippen LogP contribution is 2.09. The number of aromatic nitrogens is 1. The van der Waals surface area contributed by atoms with Crippen molar-refractivity contribution < 1.29 is 4.79 Å². The molecule has 1 amide bonds. The SMILES string of the molecule is CC(C)C(CCBr)NC(=O)c1cscn1. The van der Waals surface area contributed by atoms with E-state index in [2.05, 4.69) is 40.1 Å². The van der Waals surface area contributed by atoms with Crippen LogP contribution in [0.3, 0.4) is 0 Å². The van der Waals surface area contributed by atoms with Crippen LogP contribution in [0.2, 0.25) is 0 Å². The molecule has 0 saturated carbocycles. The van der Waals surface area contributed by atoms with Gasteiger partial charge >= 0.3 is 0 Å². The molecule has 1 aromatic rings. The Morgan fingerprint density at radius 2 is 2.40 bits per heavy atom. The largest absolute Gasteiger partial charge is 0.348 e. The predicted molar refractivity (Wildman–Crippen MR) is 66.6 cm³/mol. The van der Waals surface area contributed by atoms with E-state index in [1.165, 1.54) is 11.3 Å². The van der Waals surface area contributed by atoms with E-state index in [1.807, 2.05) is 0 Å². The van der Waals surface area contributed by atoms with Crippen molar-refractivity contribution in [1.29, 1.82) is 0 Å². The van der Waals surface area contributed by atoms with Crippen molar-refractivity contribution >= 4 is 33.2 Å². The maximum Gasteiger partial charge on any atom is 0.270 e. The normalized spacial score (nSPS) is 12.8. The van der Waals surface area contributed by atoms with E-state index in [-0.39, 0.29) is 11.9 Å². The fourth-order valence-electron chi connectivity index (χ4n) is 1.26. The molecule has 0 aliphatic carbocycles. The molecule has 1 rings (SSSR count). The van der Waals surface area contributed by atoms with Gasteiger partial charge in [0, 0.05) is 16.8 Å². The van der Waals surface area contributed by atoms with Gasteiger partial charge in [-0.2, -0.15) is 0 Å². The van der Waals surface area contributed by atoms with Gasteiger partial charge in [0.1, 0.15) is 5.69 Å². The van der Waals surface area contributed by atoms with Gasteiger partial charge in [-0.3, -0.25) is 4.79 Å². The monoisotopic (exact) mass is 290 g/mol. The number of carbonyl (C=O) groups excluding carboxylic acids is 1. The number of alkyl halides is 1. The number of hydrogen-bond acceptors (Lipinski definition) is 3. The molecular formula is C10H15BrN2OS. The molecule has 0 aliphatic heterocycles. The predicted octanol–water partition coefficient (Wildman–Crippen LogP) is 2.68. The van der Waals surface area contributed by atoms with Crippen molar-refractivity contribution in [2.75, 3.05) is 5.33 Å². The van der Waals surface area contributed by atoms with E-state index < -0.39 is 0 Å². The van der Waals surface area contributed by atoms with Crippen LogP contribution in [-0.2, 0) is 0 Å². The van der Waals surface area contributed by atoms with Crippen LogP contribution in [-0.4, -0.2) is 22.3 Å². The minimum absolute atomic E-state index is 0.0732. The maximum atomic E-state index is 11.7. The van der Waals surface area contributed by atoms with E-state index in [1.54, 1.807) is 10.9 Å². The van der Waals surface area contributed by atoms with Gasteiger partial charge in [-0.15, -0.1) is 11.3 Å². The molecule has 0 radical (unpaired) electrons. The highest BCUT2D eigenvalue weighted by atomic mass is 79.9. The first-order valence-electron chi connectivity index (χ1n) is 4.90. The molecule has 0 fully saturated rings. The highest BCUT2D eigenvalue weighted by molar-refractivity contribution is 9.09. The van der Waals surface area contributed by atoms with Crippen molar-refractivity contribution in [2.45, 2.75) is 26.3 Å². The summed E-state index contributed by atoms with van der Waals surface area (Å²) in [6, 6.07) is 0.207. The van der Waals surface area contributed by atoms with Gasteiger partial charge in [-0.25, -0.2) is 4.98 Å². The summed E-state index contributed by atoms with van der Waals surface area (Å²) in [6.07, 6.45) is 0.938. The van der Waals surface area contributed by atoms with Crippen LogP contribution in [0.4, 0.5) is 0 Å². The minimum Gasteiger partial charge on any atom is -0.348 e. The fourth-order valence-corrected chi connectivity index (χ4v) is 2.28. The third kappa shape index (κ3) is 3.91. The quantitative estimate of drug-likeness (QED) is 0.847. The molecular weight excluding hydrogens is 276 g/mol. The summed E-state index contributed by atoms with van der Waals surface area (Å²) in [7, 11) is 0. The molecule has 0 spiro atoms. The van der Waals surface area contributed by atoms with Gasteiger partial charge in [-0.1, -0.05) is 29.8 Å². The molecule has 1 unspecified atom stereocenters. The zero-order chi connectivity index (χ0) is 11.3. The van der Waals surface area contributed by atoms with Crippen LogP contribution in [0.1, 0.15) is 30.8 Å². The van der Waals surface area contributed by atoms with Crippen molar-refractivity contribution in [3.63, 3.8) is 0 Å². The van der Waals surface area contributed by atoms with Crippen LogP contribution in [0.5, 0.6) is 0 Å². The van der Waals surface area contributed by atoms with Gasteiger partial charge in [-0.05, 0) is 12.3 Å². The molecule has 0 bridgehead atoms. The summed E-state index contributed by atoms with van der Waals surface area (Å²) in [6.45, 7) is 4.21. The van der Waals surface area contributed by atoms with Gasteiger partial charge in [0.2, 0.25) is 0 Å². The molecule has 3 nitrogen and oxygen atoms in total. The fraction of sp³-hybridized carbons (Fsp3) is 0.600. The summed E-state index contributed by atoms with van der Waals surface area (Å²) >= 11 is 4.83. The lowest BCUT2D eigenvalue weighted by atomic mass is 10.0. The van der Waals surface area contributed by atoms with E-state index in [4.69, 9.17) is 0 Å². The number of carbonyl (C=O) groups is 1. The number of amides is 1. The summed E-state index contributed by atoms with van der Waals surface area (Å²) in [5.41, 5.74) is 2.18. The lowest BCUT2D eigenvalue weighted by molar-refractivity contribution is 0.0920. The molecule has 1 N–H and O–H groups in total. The zero-order valence-electron chi connectivity index (χ0n) is 8.87. The van der Waals surface area contributed by atoms with Crippen LogP contribution in [0, 0.1) is 5.92 Å². The van der Waals surface area contributed by atoms with E-state index >= 15 is 0 Å². The molecule has 1 aromatic heterocycles. The van der Waals surface area contributed by atoms with E-state index in [0.717, 1.165) is 11.8 Å². The first-order valence-corrected chi connectivity index (χ1v) is 6.96. The van der Waals surface area contributed by atoms with E-state index in [9.17, 15) is 4.79 Å². The molecule has 15 heavy (non-hydrogen) atoms. The topological polar surface area (TPSA) is 42.0 Å². The van der Waals surface area contributed by atoms with Crippen molar-refractivity contribution in [1.82, 2.24) is 10.3 Å².